The highest BCUT2D eigenvalue weighted by Crippen LogP contribution is 2.21. The summed E-state index contributed by atoms with van der Waals surface area (Å²) < 4.78 is 5.31. The molecule has 1 rings (SSSR count). The lowest BCUT2D eigenvalue weighted by Gasteiger charge is -2.35. The van der Waals surface area contributed by atoms with E-state index < -0.39 is 0 Å². The number of carbonyl (C=O) groups is 1. The van der Waals surface area contributed by atoms with Crippen LogP contribution in [0.4, 0.5) is 4.79 Å². The third-order valence-corrected chi connectivity index (χ3v) is 3.02. The molecule has 0 saturated carbocycles. The van der Waals surface area contributed by atoms with Crippen molar-refractivity contribution in [2.45, 2.75) is 58.9 Å². The molecule has 3 nitrogen and oxygen atoms in total. The van der Waals surface area contributed by atoms with Gasteiger partial charge in [-0.15, -0.1) is 0 Å². The second-order valence-electron chi connectivity index (χ2n) is 5.10. The molecule has 0 aromatic heterocycles. The fourth-order valence-electron chi connectivity index (χ4n) is 2.20. The van der Waals surface area contributed by atoms with E-state index >= 15 is 0 Å². The van der Waals surface area contributed by atoms with Gasteiger partial charge in [-0.1, -0.05) is 27.2 Å². The van der Waals surface area contributed by atoms with Crippen LogP contribution in [0, 0.1) is 5.92 Å². The largest absolute Gasteiger partial charge is 0.449 e. The van der Waals surface area contributed by atoms with E-state index in [4.69, 9.17) is 4.74 Å². The van der Waals surface area contributed by atoms with Gasteiger partial charge in [0.25, 0.3) is 0 Å². The van der Waals surface area contributed by atoms with Crippen LogP contribution in [0.3, 0.4) is 0 Å². The molecule has 1 unspecified atom stereocenters. The number of ether oxygens (including phenoxy) is 1. The summed E-state index contributed by atoms with van der Waals surface area (Å²) in [5.74, 6) is 0.415. The summed E-state index contributed by atoms with van der Waals surface area (Å²) in [4.78, 5) is 13.8. The van der Waals surface area contributed by atoms with Gasteiger partial charge >= 0.3 is 6.09 Å². The molecule has 1 amide bonds. The van der Waals surface area contributed by atoms with Crippen LogP contribution in [0.25, 0.3) is 0 Å². The molecule has 1 aliphatic heterocycles. The third-order valence-electron chi connectivity index (χ3n) is 3.02. The van der Waals surface area contributed by atoms with Crippen molar-refractivity contribution in [3.8, 4) is 0 Å². The van der Waals surface area contributed by atoms with Gasteiger partial charge in [0.2, 0.25) is 0 Å². The Kier molecular flexibility index (Phi) is 5.64. The van der Waals surface area contributed by atoms with Gasteiger partial charge in [0.15, 0.2) is 0 Å². The van der Waals surface area contributed by atoms with E-state index in [0.717, 1.165) is 32.2 Å². The minimum atomic E-state index is -0.105. The quantitative estimate of drug-likeness (QED) is 0.736. The van der Waals surface area contributed by atoms with Crippen molar-refractivity contribution >= 4 is 6.09 Å². The molecule has 0 aliphatic carbocycles. The lowest BCUT2D eigenvalue weighted by Crippen LogP contribution is -2.44. The Hall–Kier alpha value is -0.730. The third kappa shape index (κ3) is 4.03. The van der Waals surface area contributed by atoms with Gasteiger partial charge in [-0.2, -0.15) is 0 Å². The fraction of sp³-hybridized carbons (Fsp3) is 0.923. The molecule has 3 heteroatoms. The van der Waals surface area contributed by atoms with Gasteiger partial charge in [0, 0.05) is 12.6 Å². The summed E-state index contributed by atoms with van der Waals surface area (Å²) in [6, 6.07) is 0.415. The summed E-state index contributed by atoms with van der Waals surface area (Å²) in [5, 5.41) is 0. The lowest BCUT2D eigenvalue weighted by atomic mass is 9.99. The second-order valence-corrected chi connectivity index (χ2v) is 5.10. The zero-order valence-electron chi connectivity index (χ0n) is 10.9. The summed E-state index contributed by atoms with van der Waals surface area (Å²) >= 11 is 0. The molecular formula is C13H25NO2. The van der Waals surface area contributed by atoms with E-state index in [-0.39, 0.29) is 6.09 Å². The van der Waals surface area contributed by atoms with E-state index in [9.17, 15) is 4.79 Å². The van der Waals surface area contributed by atoms with Crippen LogP contribution in [-0.4, -0.2) is 30.2 Å². The monoisotopic (exact) mass is 227 g/mol. The second kappa shape index (κ2) is 6.77. The minimum absolute atomic E-state index is 0.105. The van der Waals surface area contributed by atoms with Gasteiger partial charge in [0.05, 0.1) is 6.61 Å². The Bertz CT molecular complexity index is 214. The molecular weight excluding hydrogens is 202 g/mol. The van der Waals surface area contributed by atoms with Gasteiger partial charge in [-0.25, -0.2) is 4.79 Å². The number of likely N-dealkylation sites (tertiary alicyclic amines) is 1. The van der Waals surface area contributed by atoms with Gasteiger partial charge in [-0.3, -0.25) is 0 Å². The smallest absolute Gasteiger partial charge is 0.410 e. The molecule has 0 N–H and O–H groups in total. The summed E-state index contributed by atoms with van der Waals surface area (Å²) in [5.41, 5.74) is 0. The molecule has 1 heterocycles. The van der Waals surface area contributed by atoms with Crippen LogP contribution < -0.4 is 0 Å². The number of piperidine rings is 1. The topological polar surface area (TPSA) is 29.5 Å². The molecule has 94 valence electrons. The van der Waals surface area contributed by atoms with Crippen LogP contribution in [0.2, 0.25) is 0 Å². The average molecular weight is 227 g/mol. The van der Waals surface area contributed by atoms with E-state index in [1.54, 1.807) is 0 Å². The van der Waals surface area contributed by atoms with Crippen LogP contribution in [-0.2, 0) is 4.74 Å². The van der Waals surface area contributed by atoms with Crippen LogP contribution in [0.1, 0.15) is 52.9 Å². The maximum absolute atomic E-state index is 11.9. The summed E-state index contributed by atoms with van der Waals surface area (Å²) in [6.07, 6.45) is 5.65. The normalized spacial score (nSPS) is 21.2. The van der Waals surface area contributed by atoms with Crippen molar-refractivity contribution in [2.75, 3.05) is 13.2 Å². The molecule has 1 fully saturated rings. The standard InChI is InChI=1S/C13H25NO2/c1-4-7-12-8-5-6-9-14(12)13(15)16-10-11(2)3/h11-12H,4-10H2,1-3H3. The molecule has 1 atom stereocenters. The molecule has 1 saturated heterocycles. The number of hydrogen-bond acceptors (Lipinski definition) is 2. The first-order valence-electron chi connectivity index (χ1n) is 6.58. The number of nitrogens with zero attached hydrogens (tertiary/aromatic N) is 1. The van der Waals surface area contributed by atoms with Crippen molar-refractivity contribution in [1.29, 1.82) is 0 Å². The molecule has 1 aliphatic rings. The van der Waals surface area contributed by atoms with Gasteiger partial charge in [-0.05, 0) is 31.6 Å². The Morgan fingerprint density at radius 3 is 2.81 bits per heavy atom. The summed E-state index contributed by atoms with van der Waals surface area (Å²) in [6.45, 7) is 7.71. The highest BCUT2D eigenvalue weighted by atomic mass is 16.6. The van der Waals surface area contributed by atoms with Crippen LogP contribution >= 0.6 is 0 Å². The van der Waals surface area contributed by atoms with Gasteiger partial charge in [0.1, 0.15) is 0 Å². The lowest BCUT2D eigenvalue weighted by molar-refractivity contribution is 0.0633. The van der Waals surface area contributed by atoms with Gasteiger partial charge < -0.3 is 9.64 Å². The van der Waals surface area contributed by atoms with Crippen LogP contribution in [0.15, 0.2) is 0 Å². The Morgan fingerprint density at radius 2 is 2.19 bits per heavy atom. The van der Waals surface area contributed by atoms with Crippen LogP contribution in [0.5, 0.6) is 0 Å². The highest BCUT2D eigenvalue weighted by molar-refractivity contribution is 5.68. The Labute approximate surface area is 99.1 Å². The van der Waals surface area contributed by atoms with Crippen molar-refractivity contribution < 1.29 is 9.53 Å². The molecule has 16 heavy (non-hydrogen) atoms. The van der Waals surface area contributed by atoms with Crippen molar-refractivity contribution in [3.05, 3.63) is 0 Å². The van der Waals surface area contributed by atoms with E-state index in [0.29, 0.717) is 18.6 Å². The molecule has 0 aromatic rings. The first-order valence-corrected chi connectivity index (χ1v) is 6.58. The Balaban J connectivity index is 2.43. The predicted molar refractivity (Wildman–Crippen MR) is 65.4 cm³/mol. The Morgan fingerprint density at radius 1 is 1.44 bits per heavy atom. The highest BCUT2D eigenvalue weighted by Gasteiger charge is 2.26. The molecule has 0 radical (unpaired) electrons. The van der Waals surface area contributed by atoms with Crippen molar-refractivity contribution in [2.24, 2.45) is 5.92 Å². The van der Waals surface area contributed by atoms with E-state index in [2.05, 4.69) is 20.8 Å². The molecule has 0 bridgehead atoms. The molecule has 0 aromatic carbocycles. The number of carbonyl (C=O) groups excluding carboxylic acids is 1. The fourth-order valence-corrected chi connectivity index (χ4v) is 2.20. The number of hydrogen-bond donors (Lipinski definition) is 0. The van der Waals surface area contributed by atoms with Crippen molar-refractivity contribution in [3.63, 3.8) is 0 Å². The number of amides is 1. The molecule has 0 spiro atoms. The van der Waals surface area contributed by atoms with E-state index in [1.807, 2.05) is 4.90 Å². The maximum atomic E-state index is 11.9. The minimum Gasteiger partial charge on any atom is -0.449 e. The van der Waals surface area contributed by atoms with Crippen molar-refractivity contribution in [1.82, 2.24) is 4.90 Å². The zero-order chi connectivity index (χ0) is 12.0. The van der Waals surface area contributed by atoms with E-state index in [1.165, 1.54) is 6.42 Å². The summed E-state index contributed by atoms with van der Waals surface area (Å²) in [7, 11) is 0. The maximum Gasteiger partial charge on any atom is 0.410 e. The average Bonchev–Trinajstić information content (AvgIpc) is 2.27. The first kappa shape index (κ1) is 13.3. The first-order chi connectivity index (χ1) is 7.65. The number of rotatable bonds is 4. The predicted octanol–water partition coefficient (Wildman–Crippen LogP) is 3.43. The zero-order valence-corrected chi connectivity index (χ0v) is 10.9. The SMILES string of the molecule is CCCC1CCCCN1C(=O)OCC(C)C.